The molecule has 1 aliphatic heterocycles. The van der Waals surface area contributed by atoms with Crippen molar-refractivity contribution < 1.29 is 22.2 Å². The molecule has 20 heavy (non-hydrogen) atoms. The van der Waals surface area contributed by atoms with E-state index in [1.807, 2.05) is 6.55 Å². The van der Waals surface area contributed by atoms with E-state index < -0.39 is 41.2 Å². The van der Waals surface area contributed by atoms with Gasteiger partial charge in [0.25, 0.3) is 9.28 Å². The first-order valence-electron chi connectivity index (χ1n) is 7.29. The van der Waals surface area contributed by atoms with Gasteiger partial charge in [0.1, 0.15) is 0 Å². The Morgan fingerprint density at radius 3 is 2.40 bits per heavy atom. The molecule has 0 bridgehead atoms. The number of carboxylic acid groups (broad SMARTS) is 1. The lowest BCUT2D eigenvalue weighted by atomic mass is 10.2. The van der Waals surface area contributed by atoms with Crippen LogP contribution in [0.15, 0.2) is 0 Å². The van der Waals surface area contributed by atoms with Crippen LogP contribution < -0.4 is 0 Å². The SMILES string of the molecule is CC(C[Si]1(C)CC[SiH](C)O[Si](C)(C)O[SiH](C)O1)C(=O)O. The summed E-state index contributed by atoms with van der Waals surface area (Å²) in [7, 11) is -7.04. The molecule has 1 heterocycles. The Labute approximate surface area is 127 Å². The van der Waals surface area contributed by atoms with Crippen molar-refractivity contribution in [1.82, 2.24) is 0 Å². The lowest BCUT2D eigenvalue weighted by Gasteiger charge is -2.33. The summed E-state index contributed by atoms with van der Waals surface area (Å²) >= 11 is 0. The minimum atomic E-state index is -2.05. The molecule has 0 saturated carbocycles. The predicted octanol–water partition coefficient (Wildman–Crippen LogP) is 2.25. The molecule has 0 radical (unpaired) electrons. The quantitative estimate of drug-likeness (QED) is 0.789. The Bertz CT molecular complexity index is 354. The molecular weight excluding hydrogens is 324 g/mol. The van der Waals surface area contributed by atoms with Gasteiger partial charge in [-0.2, -0.15) is 0 Å². The molecule has 1 aliphatic rings. The number of hydrogen-bond donors (Lipinski definition) is 1. The third-order valence-electron chi connectivity index (χ3n) is 3.62. The first-order chi connectivity index (χ1) is 9.03. The summed E-state index contributed by atoms with van der Waals surface area (Å²) in [4.78, 5) is 11.1. The van der Waals surface area contributed by atoms with Crippen LogP contribution in [0, 0.1) is 5.92 Å². The largest absolute Gasteiger partial charge is 0.481 e. The van der Waals surface area contributed by atoms with Crippen LogP contribution in [0.5, 0.6) is 0 Å². The summed E-state index contributed by atoms with van der Waals surface area (Å²) in [6.07, 6.45) is 0. The number of carbonyl (C=O) groups is 1. The van der Waals surface area contributed by atoms with E-state index in [0.29, 0.717) is 6.04 Å². The molecule has 4 unspecified atom stereocenters. The second kappa shape index (κ2) is 6.98. The third-order valence-corrected chi connectivity index (χ3v) is 19.2. The lowest BCUT2D eigenvalue weighted by molar-refractivity contribution is -0.140. The summed E-state index contributed by atoms with van der Waals surface area (Å²) < 4.78 is 18.6. The molecule has 1 rings (SSSR count). The molecule has 0 aromatic carbocycles. The molecule has 1 N–H and O–H groups in total. The molecule has 0 spiro atoms. The lowest BCUT2D eigenvalue weighted by Crippen LogP contribution is -2.47. The average molecular weight is 353 g/mol. The van der Waals surface area contributed by atoms with Gasteiger partial charge in [0.15, 0.2) is 17.4 Å². The van der Waals surface area contributed by atoms with E-state index in [1.165, 1.54) is 0 Å². The molecule has 4 atom stereocenters. The highest BCUT2D eigenvalue weighted by Gasteiger charge is 2.40. The zero-order chi connectivity index (χ0) is 15.6. The van der Waals surface area contributed by atoms with Gasteiger partial charge in [0.2, 0.25) is 0 Å². The molecule has 0 aliphatic carbocycles. The zero-order valence-corrected chi connectivity index (χ0v) is 17.7. The van der Waals surface area contributed by atoms with Gasteiger partial charge in [-0.15, -0.1) is 0 Å². The van der Waals surface area contributed by atoms with Crippen molar-refractivity contribution in [3.05, 3.63) is 0 Å². The topological polar surface area (TPSA) is 65.0 Å². The van der Waals surface area contributed by atoms with Gasteiger partial charge in [-0.25, -0.2) is 0 Å². The summed E-state index contributed by atoms with van der Waals surface area (Å²) in [5.41, 5.74) is 0. The van der Waals surface area contributed by atoms with Gasteiger partial charge >= 0.3 is 14.5 Å². The van der Waals surface area contributed by atoms with Crippen LogP contribution >= 0.6 is 0 Å². The van der Waals surface area contributed by atoms with Crippen LogP contribution in [-0.2, 0) is 17.1 Å². The average Bonchev–Trinajstić information content (AvgIpc) is 2.26. The second-order valence-electron chi connectivity index (χ2n) is 6.56. The third kappa shape index (κ3) is 5.91. The Morgan fingerprint density at radius 1 is 1.25 bits per heavy atom. The van der Waals surface area contributed by atoms with Crippen molar-refractivity contribution in [2.45, 2.75) is 57.8 Å². The first kappa shape index (κ1) is 18.3. The van der Waals surface area contributed by atoms with Crippen molar-refractivity contribution in [1.29, 1.82) is 0 Å². The van der Waals surface area contributed by atoms with Crippen LogP contribution in [0.25, 0.3) is 0 Å². The predicted molar refractivity (Wildman–Crippen MR) is 89.6 cm³/mol. The molecule has 9 heteroatoms. The fraction of sp³-hybridized carbons (Fsp3) is 0.909. The number of carboxylic acids is 1. The molecule has 1 saturated heterocycles. The standard InChI is InChI=1S/C11H28O5Si4/c1-10(11(12)13)9-20(6)8-7-17(2)14-19(4,5)15-18(3)16-20/h10,17-18H,7-9H2,1-6H3,(H,12,13). The molecule has 1 fully saturated rings. The van der Waals surface area contributed by atoms with Gasteiger partial charge in [0, 0.05) is 0 Å². The van der Waals surface area contributed by atoms with Gasteiger partial charge in [-0.3, -0.25) is 4.79 Å². The van der Waals surface area contributed by atoms with E-state index in [2.05, 4.69) is 26.2 Å². The Hall–Kier alpha value is 0.218. The van der Waals surface area contributed by atoms with Crippen LogP contribution in [0.2, 0.25) is 50.9 Å². The number of aliphatic carboxylic acids is 1. The molecule has 5 nitrogen and oxygen atoms in total. The Morgan fingerprint density at radius 2 is 1.85 bits per heavy atom. The normalized spacial score (nSPS) is 36.5. The van der Waals surface area contributed by atoms with Gasteiger partial charge < -0.3 is 17.5 Å². The van der Waals surface area contributed by atoms with E-state index in [4.69, 9.17) is 17.5 Å². The van der Waals surface area contributed by atoms with Crippen LogP contribution in [-0.4, -0.2) is 46.3 Å². The molecule has 0 amide bonds. The van der Waals surface area contributed by atoms with E-state index in [9.17, 15) is 4.79 Å². The van der Waals surface area contributed by atoms with Crippen molar-refractivity contribution in [3.8, 4) is 0 Å². The zero-order valence-electron chi connectivity index (χ0n) is 13.4. The second-order valence-corrected chi connectivity index (χ2v) is 19.3. The first-order valence-corrected chi connectivity index (χ1v) is 17.5. The van der Waals surface area contributed by atoms with Gasteiger partial charge in [-0.1, -0.05) is 6.92 Å². The van der Waals surface area contributed by atoms with Crippen LogP contribution in [0.4, 0.5) is 0 Å². The van der Waals surface area contributed by atoms with Crippen molar-refractivity contribution in [3.63, 3.8) is 0 Å². The minimum Gasteiger partial charge on any atom is -0.481 e. The summed E-state index contributed by atoms with van der Waals surface area (Å²) in [5.74, 6) is -1.06. The van der Waals surface area contributed by atoms with Crippen molar-refractivity contribution in [2.75, 3.05) is 0 Å². The van der Waals surface area contributed by atoms with Gasteiger partial charge in [0.05, 0.1) is 5.92 Å². The van der Waals surface area contributed by atoms with Crippen LogP contribution in [0.1, 0.15) is 6.92 Å². The maximum Gasteiger partial charge on any atom is 0.312 e. The molecule has 118 valence electrons. The highest BCUT2D eigenvalue weighted by atomic mass is 28.5. The highest BCUT2D eigenvalue weighted by Crippen LogP contribution is 2.29. The van der Waals surface area contributed by atoms with Gasteiger partial charge in [-0.05, 0) is 50.9 Å². The van der Waals surface area contributed by atoms with Crippen LogP contribution in [0.3, 0.4) is 0 Å². The summed E-state index contributed by atoms with van der Waals surface area (Å²) in [6.45, 7) is 12.4. The summed E-state index contributed by atoms with van der Waals surface area (Å²) in [6, 6.07) is 2.74. The summed E-state index contributed by atoms with van der Waals surface area (Å²) in [5, 5.41) is 9.15. The fourth-order valence-corrected chi connectivity index (χ4v) is 21.5. The number of rotatable bonds is 3. The molecule has 0 aromatic heterocycles. The smallest absolute Gasteiger partial charge is 0.312 e. The molecular formula is C11H28O5Si4. The minimum absolute atomic E-state index is 0.336. The maximum atomic E-state index is 11.1. The Kier molecular flexibility index (Phi) is 6.38. The van der Waals surface area contributed by atoms with E-state index in [-0.39, 0.29) is 5.92 Å². The monoisotopic (exact) mass is 352 g/mol. The molecule has 0 aromatic rings. The fourth-order valence-electron chi connectivity index (χ4n) is 2.85. The Balaban J connectivity index is 2.83. The van der Waals surface area contributed by atoms with Crippen molar-refractivity contribution in [2.24, 2.45) is 5.92 Å². The van der Waals surface area contributed by atoms with E-state index in [0.717, 1.165) is 12.1 Å². The highest BCUT2D eigenvalue weighted by molar-refractivity contribution is 6.84. The number of hydrogen-bond acceptors (Lipinski definition) is 4. The maximum absolute atomic E-state index is 11.1. The van der Waals surface area contributed by atoms with E-state index in [1.54, 1.807) is 6.92 Å². The van der Waals surface area contributed by atoms with Crippen molar-refractivity contribution >= 4 is 41.2 Å². The van der Waals surface area contributed by atoms with E-state index >= 15 is 0 Å².